The molecule has 0 saturated heterocycles. The van der Waals surface area contributed by atoms with Crippen LogP contribution in [0.25, 0.3) is 0 Å². The summed E-state index contributed by atoms with van der Waals surface area (Å²) in [6.07, 6.45) is 0. The molecule has 4 heteroatoms. The summed E-state index contributed by atoms with van der Waals surface area (Å²) in [7, 11) is 0. The SMILES string of the molecule is CC(C)COCCNC(=O)C(Br)C(C)C. The zero-order chi connectivity index (χ0) is 11.8. The average molecular weight is 280 g/mol. The van der Waals surface area contributed by atoms with E-state index >= 15 is 0 Å². The first kappa shape index (κ1) is 14.9. The monoisotopic (exact) mass is 279 g/mol. The Bertz CT molecular complexity index is 183. The zero-order valence-electron chi connectivity index (χ0n) is 10.0. The van der Waals surface area contributed by atoms with E-state index in [1.165, 1.54) is 0 Å². The van der Waals surface area contributed by atoms with E-state index in [9.17, 15) is 4.79 Å². The van der Waals surface area contributed by atoms with Gasteiger partial charge in [0, 0.05) is 13.2 Å². The van der Waals surface area contributed by atoms with Gasteiger partial charge in [-0.3, -0.25) is 4.79 Å². The number of rotatable bonds is 7. The number of nitrogens with one attached hydrogen (secondary N) is 1. The van der Waals surface area contributed by atoms with Crippen molar-refractivity contribution in [3.8, 4) is 0 Å². The van der Waals surface area contributed by atoms with Crippen molar-refractivity contribution >= 4 is 21.8 Å². The van der Waals surface area contributed by atoms with Crippen molar-refractivity contribution in [3.05, 3.63) is 0 Å². The maximum Gasteiger partial charge on any atom is 0.234 e. The van der Waals surface area contributed by atoms with Crippen LogP contribution in [0.5, 0.6) is 0 Å². The van der Waals surface area contributed by atoms with Gasteiger partial charge in [-0.05, 0) is 11.8 Å². The van der Waals surface area contributed by atoms with Crippen molar-refractivity contribution in [3.63, 3.8) is 0 Å². The molecular weight excluding hydrogens is 258 g/mol. The Morgan fingerprint density at radius 2 is 1.93 bits per heavy atom. The molecule has 3 nitrogen and oxygen atoms in total. The number of ether oxygens (including phenoxy) is 1. The molecule has 1 unspecified atom stereocenters. The van der Waals surface area contributed by atoms with Crippen LogP contribution >= 0.6 is 15.9 Å². The maximum absolute atomic E-state index is 11.5. The molecule has 0 rings (SSSR count). The van der Waals surface area contributed by atoms with Crippen LogP contribution in [0.2, 0.25) is 0 Å². The van der Waals surface area contributed by atoms with Crippen molar-refractivity contribution in [1.29, 1.82) is 0 Å². The number of carbonyl (C=O) groups is 1. The molecule has 90 valence electrons. The molecule has 0 bridgehead atoms. The van der Waals surface area contributed by atoms with Crippen LogP contribution in [-0.4, -0.2) is 30.5 Å². The third-order valence-corrected chi connectivity index (χ3v) is 3.31. The average Bonchev–Trinajstić information content (AvgIpc) is 2.15. The highest BCUT2D eigenvalue weighted by atomic mass is 79.9. The molecule has 0 aliphatic rings. The molecule has 1 amide bonds. The minimum Gasteiger partial charge on any atom is -0.379 e. The zero-order valence-corrected chi connectivity index (χ0v) is 11.6. The Hall–Kier alpha value is -0.0900. The summed E-state index contributed by atoms with van der Waals surface area (Å²) in [6.45, 7) is 10.1. The molecular formula is C11H22BrNO2. The summed E-state index contributed by atoms with van der Waals surface area (Å²) in [5, 5.41) is 2.83. The summed E-state index contributed by atoms with van der Waals surface area (Å²) >= 11 is 3.35. The van der Waals surface area contributed by atoms with Gasteiger partial charge < -0.3 is 10.1 Å². The topological polar surface area (TPSA) is 38.3 Å². The van der Waals surface area contributed by atoms with Gasteiger partial charge in [0.2, 0.25) is 5.91 Å². The number of alkyl halides is 1. The number of hydrogen-bond donors (Lipinski definition) is 1. The van der Waals surface area contributed by atoms with Gasteiger partial charge in [0.15, 0.2) is 0 Å². The highest BCUT2D eigenvalue weighted by Gasteiger charge is 2.17. The van der Waals surface area contributed by atoms with Crippen molar-refractivity contribution in [2.75, 3.05) is 19.8 Å². The van der Waals surface area contributed by atoms with Crippen LogP contribution in [0.3, 0.4) is 0 Å². The summed E-state index contributed by atoms with van der Waals surface area (Å²) in [6, 6.07) is 0. The molecule has 0 aromatic rings. The minimum atomic E-state index is -0.109. The van der Waals surface area contributed by atoms with Crippen LogP contribution < -0.4 is 5.32 Å². The van der Waals surface area contributed by atoms with Gasteiger partial charge in [0.05, 0.1) is 11.4 Å². The first-order chi connectivity index (χ1) is 6.95. The quantitative estimate of drug-likeness (QED) is 0.573. The molecule has 0 aromatic heterocycles. The van der Waals surface area contributed by atoms with E-state index < -0.39 is 0 Å². The lowest BCUT2D eigenvalue weighted by molar-refractivity contribution is -0.121. The Kier molecular flexibility index (Phi) is 8.06. The highest BCUT2D eigenvalue weighted by Crippen LogP contribution is 2.11. The highest BCUT2D eigenvalue weighted by molar-refractivity contribution is 9.10. The fourth-order valence-corrected chi connectivity index (χ4v) is 1.13. The summed E-state index contributed by atoms with van der Waals surface area (Å²) in [4.78, 5) is 11.4. The molecule has 0 aliphatic carbocycles. The van der Waals surface area contributed by atoms with Crippen LogP contribution in [-0.2, 0) is 9.53 Å². The summed E-state index contributed by atoms with van der Waals surface area (Å²) < 4.78 is 5.36. The molecule has 1 atom stereocenters. The van der Waals surface area contributed by atoms with E-state index in [1.54, 1.807) is 0 Å². The fraction of sp³-hybridized carbons (Fsp3) is 0.909. The Morgan fingerprint density at radius 1 is 1.33 bits per heavy atom. The fourth-order valence-electron chi connectivity index (χ4n) is 0.966. The van der Waals surface area contributed by atoms with Crippen molar-refractivity contribution in [2.45, 2.75) is 32.5 Å². The third-order valence-electron chi connectivity index (χ3n) is 1.83. The molecule has 0 saturated carbocycles. The van der Waals surface area contributed by atoms with Gasteiger partial charge in [-0.1, -0.05) is 43.6 Å². The number of hydrogen-bond acceptors (Lipinski definition) is 2. The van der Waals surface area contributed by atoms with Gasteiger partial charge in [0.25, 0.3) is 0 Å². The minimum absolute atomic E-state index is 0.0400. The van der Waals surface area contributed by atoms with Gasteiger partial charge in [0.1, 0.15) is 0 Å². The molecule has 0 aromatic carbocycles. The van der Waals surface area contributed by atoms with E-state index in [-0.39, 0.29) is 10.7 Å². The standard InChI is InChI=1S/C11H22BrNO2/c1-8(2)7-15-6-5-13-11(14)10(12)9(3)4/h8-10H,5-7H2,1-4H3,(H,13,14). The van der Waals surface area contributed by atoms with Crippen molar-refractivity contribution < 1.29 is 9.53 Å². The van der Waals surface area contributed by atoms with Crippen molar-refractivity contribution in [1.82, 2.24) is 5.32 Å². The molecule has 0 heterocycles. The molecule has 0 fully saturated rings. The molecule has 0 radical (unpaired) electrons. The normalized spacial score (nSPS) is 13.3. The van der Waals surface area contributed by atoms with E-state index in [0.717, 1.165) is 6.61 Å². The van der Waals surface area contributed by atoms with Gasteiger partial charge in [-0.2, -0.15) is 0 Å². The predicted molar refractivity (Wildman–Crippen MR) is 66.2 cm³/mol. The second-order valence-corrected chi connectivity index (χ2v) is 5.39. The lowest BCUT2D eigenvalue weighted by atomic mass is 10.1. The maximum atomic E-state index is 11.5. The number of amides is 1. The van der Waals surface area contributed by atoms with Gasteiger partial charge >= 0.3 is 0 Å². The largest absolute Gasteiger partial charge is 0.379 e. The van der Waals surface area contributed by atoms with Gasteiger partial charge in [-0.25, -0.2) is 0 Å². The third kappa shape index (κ3) is 7.79. The lowest BCUT2D eigenvalue weighted by Gasteiger charge is -2.14. The Balaban J connectivity index is 3.47. The van der Waals surface area contributed by atoms with Crippen LogP contribution in [0, 0.1) is 11.8 Å². The number of carbonyl (C=O) groups excluding carboxylic acids is 1. The molecule has 0 spiro atoms. The van der Waals surface area contributed by atoms with Gasteiger partial charge in [-0.15, -0.1) is 0 Å². The number of halogens is 1. The van der Waals surface area contributed by atoms with E-state index in [4.69, 9.17) is 4.74 Å². The summed E-state index contributed by atoms with van der Waals surface area (Å²) in [5.74, 6) is 0.889. The van der Waals surface area contributed by atoms with E-state index in [1.807, 2.05) is 13.8 Å². The molecule has 0 aliphatic heterocycles. The van der Waals surface area contributed by atoms with Crippen LogP contribution in [0.4, 0.5) is 0 Å². The molecule has 1 N–H and O–H groups in total. The van der Waals surface area contributed by atoms with Crippen molar-refractivity contribution in [2.24, 2.45) is 11.8 Å². The molecule has 15 heavy (non-hydrogen) atoms. The van der Waals surface area contributed by atoms with Crippen LogP contribution in [0.15, 0.2) is 0 Å². The predicted octanol–water partition coefficient (Wildman–Crippen LogP) is 2.19. The van der Waals surface area contributed by atoms with E-state index in [0.29, 0.717) is 25.0 Å². The van der Waals surface area contributed by atoms with E-state index in [2.05, 4.69) is 35.1 Å². The lowest BCUT2D eigenvalue weighted by Crippen LogP contribution is -2.36. The smallest absolute Gasteiger partial charge is 0.234 e. The second kappa shape index (κ2) is 8.11. The first-order valence-corrected chi connectivity index (χ1v) is 6.36. The Labute approximate surface area is 101 Å². The Morgan fingerprint density at radius 3 is 2.40 bits per heavy atom. The second-order valence-electron chi connectivity index (χ2n) is 4.41. The first-order valence-electron chi connectivity index (χ1n) is 5.44. The summed E-state index contributed by atoms with van der Waals surface area (Å²) in [5.41, 5.74) is 0. The van der Waals surface area contributed by atoms with Crippen LogP contribution in [0.1, 0.15) is 27.7 Å².